The van der Waals surface area contributed by atoms with Gasteiger partial charge in [-0.25, -0.2) is 0 Å². The first-order chi connectivity index (χ1) is 13.5. The zero-order valence-corrected chi connectivity index (χ0v) is 15.8. The standard InChI is InChI=1S/C19H23N.C4H4O4/c20-15-16-11-13-19(14-12-16,17-7-3-1-4-8-17)18-9-5-2-6-10-18;5-3(6)1-2-4(7)8/h1-10,16H,11-15,20H2;1-2H,(H,5,6)(H,7,8)/p-2/b;2-1-. The summed E-state index contributed by atoms with van der Waals surface area (Å²) in [4.78, 5) is 18.8. The van der Waals surface area contributed by atoms with E-state index in [9.17, 15) is 19.8 Å². The molecule has 3 rings (SSSR count). The van der Waals surface area contributed by atoms with E-state index < -0.39 is 11.9 Å². The average molecular weight is 379 g/mol. The van der Waals surface area contributed by atoms with Gasteiger partial charge in [0.2, 0.25) is 0 Å². The van der Waals surface area contributed by atoms with Crippen molar-refractivity contribution in [1.82, 2.24) is 0 Å². The summed E-state index contributed by atoms with van der Waals surface area (Å²) in [5.41, 5.74) is 8.98. The summed E-state index contributed by atoms with van der Waals surface area (Å²) in [6.45, 7) is 0.833. The molecule has 2 aromatic carbocycles. The molecule has 148 valence electrons. The Kier molecular flexibility index (Phi) is 7.96. The van der Waals surface area contributed by atoms with Crippen molar-refractivity contribution < 1.29 is 19.8 Å². The molecule has 5 nitrogen and oxygen atoms in total. The van der Waals surface area contributed by atoms with E-state index in [-0.39, 0.29) is 5.41 Å². The van der Waals surface area contributed by atoms with Crippen LogP contribution < -0.4 is 15.9 Å². The van der Waals surface area contributed by atoms with Gasteiger partial charge in [0.1, 0.15) is 0 Å². The molecule has 1 saturated carbocycles. The molecule has 0 aromatic heterocycles. The van der Waals surface area contributed by atoms with Crippen molar-refractivity contribution in [3.8, 4) is 0 Å². The molecular weight excluding hydrogens is 354 g/mol. The van der Waals surface area contributed by atoms with E-state index >= 15 is 0 Å². The monoisotopic (exact) mass is 379 g/mol. The van der Waals surface area contributed by atoms with Crippen molar-refractivity contribution in [2.45, 2.75) is 31.1 Å². The van der Waals surface area contributed by atoms with Crippen molar-refractivity contribution in [3.63, 3.8) is 0 Å². The molecule has 0 radical (unpaired) electrons. The summed E-state index contributed by atoms with van der Waals surface area (Å²) in [6.07, 6.45) is 5.66. The first kappa shape index (κ1) is 21.4. The number of benzene rings is 2. The fraction of sp³-hybridized carbons (Fsp3) is 0.304. The van der Waals surface area contributed by atoms with Crippen molar-refractivity contribution in [2.24, 2.45) is 11.7 Å². The highest BCUT2D eigenvalue weighted by atomic mass is 16.4. The van der Waals surface area contributed by atoms with Crippen LogP contribution in [0.15, 0.2) is 72.8 Å². The second kappa shape index (κ2) is 10.4. The molecule has 2 N–H and O–H groups in total. The van der Waals surface area contributed by atoms with Crippen LogP contribution in [0.4, 0.5) is 0 Å². The molecule has 0 aliphatic heterocycles. The molecule has 1 fully saturated rings. The predicted molar refractivity (Wildman–Crippen MR) is 104 cm³/mol. The van der Waals surface area contributed by atoms with Crippen LogP contribution in [0.2, 0.25) is 0 Å². The number of carboxylic acids is 2. The van der Waals surface area contributed by atoms with Gasteiger partial charge in [-0.15, -0.1) is 0 Å². The molecule has 0 unspecified atom stereocenters. The zero-order valence-electron chi connectivity index (χ0n) is 15.8. The molecule has 0 bridgehead atoms. The van der Waals surface area contributed by atoms with Gasteiger partial charge in [0.05, 0.1) is 11.9 Å². The quantitative estimate of drug-likeness (QED) is 0.785. The smallest absolute Gasteiger partial charge is 0.0643 e. The SMILES string of the molecule is NCC1CCC(c2ccccc2)(c2ccccc2)CC1.O=C([O-])/C=C\C(=O)[O-]. The number of carbonyl (C=O) groups is 2. The van der Waals surface area contributed by atoms with E-state index in [2.05, 4.69) is 60.7 Å². The second-order valence-electron chi connectivity index (χ2n) is 6.96. The first-order valence-corrected chi connectivity index (χ1v) is 9.39. The van der Waals surface area contributed by atoms with Crippen LogP contribution >= 0.6 is 0 Å². The third-order valence-corrected chi connectivity index (χ3v) is 5.30. The molecule has 0 saturated heterocycles. The van der Waals surface area contributed by atoms with E-state index in [1.165, 1.54) is 36.8 Å². The Bertz CT molecular complexity index is 721. The predicted octanol–water partition coefficient (Wildman–Crippen LogP) is 1.16. The lowest BCUT2D eigenvalue weighted by Gasteiger charge is -2.41. The number of rotatable bonds is 5. The van der Waals surface area contributed by atoms with E-state index in [0.29, 0.717) is 18.1 Å². The summed E-state index contributed by atoms with van der Waals surface area (Å²) in [5.74, 6) is -2.39. The van der Waals surface area contributed by atoms with Crippen molar-refractivity contribution in [3.05, 3.63) is 83.9 Å². The lowest BCUT2D eigenvalue weighted by atomic mass is 9.63. The highest BCUT2D eigenvalue weighted by Crippen LogP contribution is 2.46. The molecule has 5 heteroatoms. The minimum atomic E-state index is -1.55. The van der Waals surface area contributed by atoms with Crippen LogP contribution in [0, 0.1) is 5.92 Å². The topological polar surface area (TPSA) is 106 Å². The lowest BCUT2D eigenvalue weighted by molar-refractivity contribution is -0.301. The molecule has 0 heterocycles. The molecule has 0 spiro atoms. The third-order valence-electron chi connectivity index (χ3n) is 5.30. The molecule has 0 atom stereocenters. The first-order valence-electron chi connectivity index (χ1n) is 9.39. The molecule has 2 aromatic rings. The van der Waals surface area contributed by atoms with E-state index in [4.69, 9.17) is 5.73 Å². The zero-order chi connectivity index (χ0) is 20.4. The van der Waals surface area contributed by atoms with Crippen LogP contribution in [0.1, 0.15) is 36.8 Å². The minimum Gasteiger partial charge on any atom is -0.545 e. The minimum absolute atomic E-state index is 0.189. The Balaban J connectivity index is 0.000000300. The molecule has 0 amide bonds. The molecule has 1 aliphatic rings. The van der Waals surface area contributed by atoms with E-state index in [1.54, 1.807) is 0 Å². The van der Waals surface area contributed by atoms with Gasteiger partial charge in [-0.1, -0.05) is 60.7 Å². The maximum atomic E-state index is 9.41. The van der Waals surface area contributed by atoms with Crippen molar-refractivity contribution in [2.75, 3.05) is 6.54 Å². The van der Waals surface area contributed by atoms with Crippen LogP contribution in [0.25, 0.3) is 0 Å². The summed E-state index contributed by atoms with van der Waals surface area (Å²) >= 11 is 0. The van der Waals surface area contributed by atoms with Gasteiger partial charge in [-0.05, 0) is 61.4 Å². The number of hydrogen-bond acceptors (Lipinski definition) is 5. The van der Waals surface area contributed by atoms with Gasteiger partial charge in [0.15, 0.2) is 0 Å². The fourth-order valence-corrected chi connectivity index (χ4v) is 3.80. The Morgan fingerprint density at radius 1 is 0.857 bits per heavy atom. The van der Waals surface area contributed by atoms with Crippen LogP contribution in [-0.2, 0) is 15.0 Å². The van der Waals surface area contributed by atoms with Gasteiger partial charge in [0, 0.05) is 5.41 Å². The highest BCUT2D eigenvalue weighted by molar-refractivity contribution is 5.87. The fourth-order valence-electron chi connectivity index (χ4n) is 3.80. The van der Waals surface area contributed by atoms with Gasteiger partial charge in [-0.2, -0.15) is 0 Å². The van der Waals surface area contributed by atoms with Gasteiger partial charge in [-0.3, -0.25) is 0 Å². The van der Waals surface area contributed by atoms with E-state index in [1.807, 2.05) is 0 Å². The maximum Gasteiger partial charge on any atom is 0.0643 e. The summed E-state index contributed by atoms with van der Waals surface area (Å²) < 4.78 is 0. The number of hydrogen-bond donors (Lipinski definition) is 1. The van der Waals surface area contributed by atoms with Crippen molar-refractivity contribution >= 4 is 11.9 Å². The normalized spacial score (nSPS) is 16.2. The summed E-state index contributed by atoms with van der Waals surface area (Å²) in [6, 6.07) is 22.0. The van der Waals surface area contributed by atoms with Gasteiger partial charge >= 0.3 is 0 Å². The van der Waals surface area contributed by atoms with Crippen molar-refractivity contribution in [1.29, 1.82) is 0 Å². The Hall–Kier alpha value is -2.92. The number of carboxylic acid groups (broad SMARTS) is 2. The van der Waals surface area contributed by atoms with Crippen LogP contribution in [-0.4, -0.2) is 18.5 Å². The van der Waals surface area contributed by atoms with E-state index in [0.717, 1.165) is 6.54 Å². The Labute approximate surface area is 165 Å². The molecular formula is C23H25NO4-2. The summed E-state index contributed by atoms with van der Waals surface area (Å²) in [5, 5.41) is 18.8. The molecule has 1 aliphatic carbocycles. The lowest BCUT2D eigenvalue weighted by Crippen LogP contribution is -2.34. The van der Waals surface area contributed by atoms with Gasteiger partial charge < -0.3 is 25.5 Å². The number of aliphatic carboxylic acids is 2. The van der Waals surface area contributed by atoms with Crippen LogP contribution in [0.5, 0.6) is 0 Å². The Morgan fingerprint density at radius 2 is 1.25 bits per heavy atom. The third kappa shape index (κ3) is 5.79. The number of nitrogens with two attached hydrogens (primary N) is 1. The highest BCUT2D eigenvalue weighted by Gasteiger charge is 2.37. The Morgan fingerprint density at radius 3 is 1.57 bits per heavy atom. The van der Waals surface area contributed by atoms with Gasteiger partial charge in [0.25, 0.3) is 0 Å². The average Bonchev–Trinajstić information content (AvgIpc) is 2.74. The molecule has 28 heavy (non-hydrogen) atoms. The maximum absolute atomic E-state index is 9.41. The second-order valence-corrected chi connectivity index (χ2v) is 6.96. The number of carbonyl (C=O) groups excluding carboxylic acids is 2. The van der Waals surface area contributed by atoms with Crippen LogP contribution in [0.3, 0.4) is 0 Å². The summed E-state index contributed by atoms with van der Waals surface area (Å²) in [7, 11) is 0. The largest absolute Gasteiger partial charge is 0.545 e.